The molecule has 3 aromatic carbocycles. The number of unbranched alkanes of at least 4 members (excludes halogenated alkanes) is 1. The SMILES string of the molecule is CCCCNC(=O)[C@H](Cc1ccccc1)N(Cc1ccc(F)cc1)C(=O)CN(c1ccc(OC)cc1)S(C)(=O)=O. The fraction of sp³-hybridized carbons (Fsp3) is 0.333. The van der Waals surface area contributed by atoms with Crippen LogP contribution in [-0.2, 0) is 32.6 Å². The van der Waals surface area contributed by atoms with Crippen LogP contribution in [0, 0.1) is 5.82 Å². The smallest absolute Gasteiger partial charge is 0.244 e. The average molecular weight is 570 g/mol. The minimum atomic E-state index is -3.87. The predicted octanol–water partition coefficient (Wildman–Crippen LogP) is 4.16. The number of anilines is 1. The quantitative estimate of drug-likeness (QED) is 0.294. The van der Waals surface area contributed by atoms with Crippen molar-refractivity contribution in [2.24, 2.45) is 0 Å². The maximum atomic E-state index is 14.0. The van der Waals surface area contributed by atoms with Gasteiger partial charge in [0.2, 0.25) is 21.8 Å². The van der Waals surface area contributed by atoms with Crippen LogP contribution in [0.15, 0.2) is 78.9 Å². The maximum Gasteiger partial charge on any atom is 0.244 e. The molecule has 0 heterocycles. The number of nitrogens with zero attached hydrogens (tertiary/aromatic N) is 2. The van der Waals surface area contributed by atoms with Gasteiger partial charge in [-0.15, -0.1) is 0 Å². The molecule has 0 aliphatic carbocycles. The summed E-state index contributed by atoms with van der Waals surface area (Å²) in [5.74, 6) is -0.809. The third-order valence-electron chi connectivity index (χ3n) is 6.41. The Morgan fingerprint density at radius 2 is 1.60 bits per heavy atom. The van der Waals surface area contributed by atoms with Crippen LogP contribution in [-0.4, -0.2) is 57.6 Å². The molecular formula is C30H36FN3O5S. The highest BCUT2D eigenvalue weighted by atomic mass is 32.2. The number of methoxy groups -OCH3 is 1. The first-order valence-corrected chi connectivity index (χ1v) is 14.9. The molecule has 0 saturated heterocycles. The van der Waals surface area contributed by atoms with Gasteiger partial charge in [-0.25, -0.2) is 12.8 Å². The number of benzene rings is 3. The lowest BCUT2D eigenvalue weighted by Gasteiger charge is -2.33. The molecule has 0 bridgehead atoms. The van der Waals surface area contributed by atoms with Crippen molar-refractivity contribution < 1.29 is 27.1 Å². The second-order valence-electron chi connectivity index (χ2n) is 9.47. The molecule has 214 valence electrons. The summed E-state index contributed by atoms with van der Waals surface area (Å²) in [7, 11) is -2.37. The van der Waals surface area contributed by atoms with E-state index < -0.39 is 34.3 Å². The van der Waals surface area contributed by atoms with Crippen LogP contribution in [0.25, 0.3) is 0 Å². The van der Waals surface area contributed by atoms with E-state index in [2.05, 4.69) is 5.32 Å². The first kappa shape index (κ1) is 30.6. The Morgan fingerprint density at radius 1 is 0.950 bits per heavy atom. The third kappa shape index (κ3) is 8.81. The Kier molecular flexibility index (Phi) is 11.1. The first-order chi connectivity index (χ1) is 19.1. The van der Waals surface area contributed by atoms with E-state index in [4.69, 9.17) is 4.74 Å². The van der Waals surface area contributed by atoms with Crippen molar-refractivity contribution in [3.63, 3.8) is 0 Å². The monoisotopic (exact) mass is 569 g/mol. The molecule has 1 N–H and O–H groups in total. The molecule has 8 nitrogen and oxygen atoms in total. The molecule has 0 radical (unpaired) electrons. The molecule has 0 unspecified atom stereocenters. The second kappa shape index (κ2) is 14.5. The summed E-state index contributed by atoms with van der Waals surface area (Å²) in [6, 6.07) is 20.3. The minimum Gasteiger partial charge on any atom is -0.497 e. The molecule has 0 aliphatic rings. The van der Waals surface area contributed by atoms with Crippen molar-refractivity contribution in [2.75, 3.05) is 30.8 Å². The van der Waals surface area contributed by atoms with E-state index in [0.717, 1.165) is 29.0 Å². The van der Waals surface area contributed by atoms with E-state index >= 15 is 0 Å². The highest BCUT2D eigenvalue weighted by Crippen LogP contribution is 2.23. The van der Waals surface area contributed by atoms with Gasteiger partial charge in [-0.1, -0.05) is 55.8 Å². The van der Waals surface area contributed by atoms with Crippen molar-refractivity contribution >= 4 is 27.5 Å². The van der Waals surface area contributed by atoms with Gasteiger partial charge in [0.25, 0.3) is 0 Å². The summed E-state index contributed by atoms with van der Waals surface area (Å²) < 4.78 is 45.4. The van der Waals surface area contributed by atoms with Crippen molar-refractivity contribution in [2.45, 2.75) is 38.8 Å². The normalized spacial score (nSPS) is 11.9. The summed E-state index contributed by atoms with van der Waals surface area (Å²) in [4.78, 5) is 28.9. The molecule has 40 heavy (non-hydrogen) atoms. The van der Waals surface area contributed by atoms with E-state index in [1.165, 1.54) is 24.1 Å². The van der Waals surface area contributed by atoms with E-state index in [9.17, 15) is 22.4 Å². The van der Waals surface area contributed by atoms with Gasteiger partial charge in [-0.05, 0) is 53.9 Å². The van der Waals surface area contributed by atoms with Crippen molar-refractivity contribution in [1.82, 2.24) is 10.2 Å². The summed E-state index contributed by atoms with van der Waals surface area (Å²) >= 11 is 0. The van der Waals surface area contributed by atoms with E-state index in [1.807, 2.05) is 37.3 Å². The molecule has 1 atom stereocenters. The van der Waals surface area contributed by atoms with Gasteiger partial charge in [0, 0.05) is 19.5 Å². The van der Waals surface area contributed by atoms with Crippen LogP contribution in [0.4, 0.5) is 10.1 Å². The van der Waals surface area contributed by atoms with Crippen LogP contribution >= 0.6 is 0 Å². The molecule has 0 saturated carbocycles. The standard InChI is InChI=1S/C30H36FN3O5S/c1-4-5-19-32-30(36)28(20-23-9-7-6-8-10-23)33(21-24-11-13-25(31)14-12-24)29(35)22-34(40(3,37)38)26-15-17-27(39-2)18-16-26/h6-18,28H,4-5,19-22H2,1-3H3,(H,32,36)/t28-/m0/s1. The van der Waals surface area contributed by atoms with Crippen molar-refractivity contribution in [3.05, 3.63) is 95.8 Å². The van der Waals surface area contributed by atoms with Gasteiger partial charge in [0.1, 0.15) is 24.2 Å². The number of carbonyl (C=O) groups is 2. The Bertz CT molecular complexity index is 1350. The highest BCUT2D eigenvalue weighted by molar-refractivity contribution is 7.92. The van der Waals surface area contributed by atoms with E-state index in [0.29, 0.717) is 17.9 Å². The molecular weight excluding hydrogens is 533 g/mol. The number of ether oxygens (including phenoxy) is 1. The van der Waals surface area contributed by atoms with Gasteiger partial charge in [0.05, 0.1) is 19.1 Å². The maximum absolute atomic E-state index is 14.0. The Labute approximate surface area is 235 Å². The van der Waals surface area contributed by atoms with Crippen LogP contribution < -0.4 is 14.4 Å². The van der Waals surface area contributed by atoms with Crippen LogP contribution in [0.3, 0.4) is 0 Å². The average Bonchev–Trinajstić information content (AvgIpc) is 2.94. The molecule has 3 aromatic rings. The van der Waals surface area contributed by atoms with Crippen LogP contribution in [0.2, 0.25) is 0 Å². The van der Waals surface area contributed by atoms with Gasteiger partial charge >= 0.3 is 0 Å². The Hall–Kier alpha value is -3.92. The largest absolute Gasteiger partial charge is 0.497 e. The van der Waals surface area contributed by atoms with E-state index in [1.54, 1.807) is 36.4 Å². The van der Waals surface area contributed by atoms with Gasteiger partial charge in [-0.3, -0.25) is 13.9 Å². The zero-order valence-electron chi connectivity index (χ0n) is 23.0. The zero-order valence-corrected chi connectivity index (χ0v) is 23.9. The lowest BCUT2D eigenvalue weighted by molar-refractivity contribution is -0.140. The molecule has 0 aliphatic heterocycles. The van der Waals surface area contributed by atoms with Crippen LogP contribution in [0.1, 0.15) is 30.9 Å². The fourth-order valence-electron chi connectivity index (χ4n) is 4.21. The summed E-state index contributed by atoms with van der Waals surface area (Å²) in [6.45, 7) is 1.91. The number of halogens is 1. The number of nitrogens with one attached hydrogen (secondary N) is 1. The van der Waals surface area contributed by atoms with Gasteiger partial charge < -0.3 is 15.0 Å². The number of carbonyl (C=O) groups excluding carboxylic acids is 2. The third-order valence-corrected chi connectivity index (χ3v) is 7.55. The molecule has 0 fully saturated rings. The van der Waals surface area contributed by atoms with Crippen molar-refractivity contribution in [1.29, 1.82) is 0 Å². The van der Waals surface area contributed by atoms with Gasteiger partial charge in [-0.2, -0.15) is 0 Å². The summed E-state index contributed by atoms with van der Waals surface area (Å²) in [6.07, 6.45) is 2.89. The first-order valence-electron chi connectivity index (χ1n) is 13.1. The Morgan fingerprint density at radius 3 is 2.17 bits per heavy atom. The number of hydrogen-bond donors (Lipinski definition) is 1. The fourth-order valence-corrected chi connectivity index (χ4v) is 5.06. The minimum absolute atomic E-state index is 0.0158. The number of amides is 2. The lowest BCUT2D eigenvalue weighted by atomic mass is 10.0. The predicted molar refractivity (Wildman–Crippen MR) is 154 cm³/mol. The van der Waals surface area contributed by atoms with Crippen LogP contribution in [0.5, 0.6) is 5.75 Å². The highest BCUT2D eigenvalue weighted by Gasteiger charge is 2.33. The zero-order chi connectivity index (χ0) is 29.1. The topological polar surface area (TPSA) is 96.0 Å². The molecule has 0 spiro atoms. The molecule has 0 aromatic heterocycles. The summed E-state index contributed by atoms with van der Waals surface area (Å²) in [5.41, 5.74) is 1.72. The lowest BCUT2D eigenvalue weighted by Crippen LogP contribution is -2.53. The van der Waals surface area contributed by atoms with E-state index in [-0.39, 0.29) is 24.6 Å². The molecule has 2 amide bonds. The molecule has 3 rings (SSSR count). The number of hydrogen-bond acceptors (Lipinski definition) is 5. The number of rotatable bonds is 14. The second-order valence-corrected chi connectivity index (χ2v) is 11.4. The Balaban J connectivity index is 2.01. The number of sulfonamides is 1. The molecule has 10 heteroatoms. The van der Waals surface area contributed by atoms with Crippen molar-refractivity contribution in [3.8, 4) is 5.75 Å². The van der Waals surface area contributed by atoms with Gasteiger partial charge in [0.15, 0.2) is 0 Å². The summed E-state index contributed by atoms with van der Waals surface area (Å²) in [5, 5.41) is 2.92.